The molecule has 3 rings (SSSR count). The molecular formula is C16H14N4O4S. The third-order valence-corrected chi connectivity index (χ3v) is 4.08. The summed E-state index contributed by atoms with van der Waals surface area (Å²) < 4.78 is 6.57. The van der Waals surface area contributed by atoms with E-state index in [1.165, 1.54) is 28.1 Å². The molecule has 2 aromatic heterocycles. The number of carbonyl (C=O) groups is 2. The van der Waals surface area contributed by atoms with Crippen molar-refractivity contribution in [2.45, 2.75) is 6.92 Å². The Bertz CT molecular complexity index is 978. The summed E-state index contributed by atoms with van der Waals surface area (Å²) in [6.07, 6.45) is 2.72. The molecule has 128 valence electrons. The normalized spacial score (nSPS) is 10.4. The maximum atomic E-state index is 12.2. The number of nitrogens with zero attached hydrogens (tertiary/aromatic N) is 2. The summed E-state index contributed by atoms with van der Waals surface area (Å²) in [5.74, 6) is -0.607. The molecule has 0 aliphatic carbocycles. The SMILES string of the molecule is CCOc1ccc(C(=O)NNC(=O)c2cnc3sccn3c2=O)cc1. The number of ether oxygens (including phenoxy) is 1. The van der Waals surface area contributed by atoms with E-state index in [1.807, 2.05) is 6.92 Å². The molecule has 8 nitrogen and oxygen atoms in total. The second-order valence-corrected chi connectivity index (χ2v) is 5.77. The number of fused-ring (bicyclic) bond motifs is 1. The number of amides is 2. The second kappa shape index (κ2) is 7.14. The van der Waals surface area contributed by atoms with Gasteiger partial charge in [0.2, 0.25) is 0 Å². The van der Waals surface area contributed by atoms with Gasteiger partial charge in [-0.25, -0.2) is 4.98 Å². The van der Waals surface area contributed by atoms with E-state index in [4.69, 9.17) is 4.74 Å². The fraction of sp³-hybridized carbons (Fsp3) is 0.125. The summed E-state index contributed by atoms with van der Waals surface area (Å²) in [5.41, 5.74) is 4.16. The van der Waals surface area contributed by atoms with Crippen LogP contribution < -0.4 is 21.1 Å². The van der Waals surface area contributed by atoms with Crippen LogP contribution >= 0.6 is 11.3 Å². The van der Waals surface area contributed by atoms with Gasteiger partial charge in [-0.15, -0.1) is 11.3 Å². The van der Waals surface area contributed by atoms with E-state index in [1.54, 1.807) is 29.6 Å². The fourth-order valence-electron chi connectivity index (χ4n) is 2.10. The zero-order valence-electron chi connectivity index (χ0n) is 13.2. The van der Waals surface area contributed by atoms with E-state index in [-0.39, 0.29) is 5.56 Å². The monoisotopic (exact) mass is 358 g/mol. The Morgan fingerprint density at radius 2 is 1.92 bits per heavy atom. The summed E-state index contributed by atoms with van der Waals surface area (Å²) in [5, 5.41) is 1.69. The number of benzene rings is 1. The zero-order chi connectivity index (χ0) is 17.8. The van der Waals surface area contributed by atoms with Gasteiger partial charge >= 0.3 is 0 Å². The number of carbonyl (C=O) groups excluding carboxylic acids is 2. The van der Waals surface area contributed by atoms with E-state index >= 15 is 0 Å². The highest BCUT2D eigenvalue weighted by Crippen LogP contribution is 2.11. The lowest BCUT2D eigenvalue weighted by Gasteiger charge is -2.08. The first-order valence-corrected chi connectivity index (χ1v) is 8.26. The molecule has 3 aromatic rings. The predicted octanol–water partition coefficient (Wildman–Crippen LogP) is 1.23. The lowest BCUT2D eigenvalue weighted by Crippen LogP contribution is -2.43. The molecule has 9 heteroatoms. The highest BCUT2D eigenvalue weighted by atomic mass is 32.1. The van der Waals surface area contributed by atoms with Crippen molar-refractivity contribution in [1.82, 2.24) is 20.2 Å². The van der Waals surface area contributed by atoms with Gasteiger partial charge in [-0.1, -0.05) is 0 Å². The Hall–Kier alpha value is -3.20. The van der Waals surface area contributed by atoms with Crippen molar-refractivity contribution in [3.63, 3.8) is 0 Å². The number of hydrazine groups is 1. The highest BCUT2D eigenvalue weighted by molar-refractivity contribution is 7.15. The van der Waals surface area contributed by atoms with Crippen molar-refractivity contribution in [2.24, 2.45) is 0 Å². The molecule has 1 aromatic carbocycles. The number of thiazole rings is 1. The van der Waals surface area contributed by atoms with Gasteiger partial charge in [0.05, 0.1) is 6.61 Å². The van der Waals surface area contributed by atoms with Gasteiger partial charge in [0.15, 0.2) is 4.96 Å². The van der Waals surface area contributed by atoms with Crippen LogP contribution in [0.3, 0.4) is 0 Å². The van der Waals surface area contributed by atoms with Crippen molar-refractivity contribution in [1.29, 1.82) is 0 Å². The first-order valence-electron chi connectivity index (χ1n) is 7.38. The molecule has 0 aliphatic heterocycles. The van der Waals surface area contributed by atoms with Crippen LogP contribution in [0.25, 0.3) is 4.96 Å². The van der Waals surface area contributed by atoms with Crippen LogP contribution in [0.5, 0.6) is 5.75 Å². The van der Waals surface area contributed by atoms with Crippen molar-refractivity contribution < 1.29 is 14.3 Å². The van der Waals surface area contributed by atoms with Crippen LogP contribution in [0, 0.1) is 0 Å². The number of hydrogen-bond acceptors (Lipinski definition) is 6. The molecule has 0 fully saturated rings. The molecule has 0 aliphatic rings. The molecule has 2 amide bonds. The lowest BCUT2D eigenvalue weighted by molar-refractivity contribution is 0.0845. The van der Waals surface area contributed by atoms with Crippen LogP contribution in [-0.2, 0) is 0 Å². The van der Waals surface area contributed by atoms with Crippen LogP contribution in [0.15, 0.2) is 46.8 Å². The summed E-state index contributed by atoms with van der Waals surface area (Å²) in [7, 11) is 0. The predicted molar refractivity (Wildman–Crippen MR) is 91.9 cm³/mol. The smallest absolute Gasteiger partial charge is 0.276 e. The topological polar surface area (TPSA) is 102 Å². The quantitative estimate of drug-likeness (QED) is 0.683. The van der Waals surface area contributed by atoms with E-state index in [0.29, 0.717) is 22.9 Å². The Kier molecular flexibility index (Phi) is 4.75. The van der Waals surface area contributed by atoms with Gasteiger partial charge < -0.3 is 4.74 Å². The van der Waals surface area contributed by atoms with Crippen LogP contribution in [-0.4, -0.2) is 27.8 Å². The van der Waals surface area contributed by atoms with Gasteiger partial charge in [-0.05, 0) is 31.2 Å². The summed E-state index contributed by atoms with van der Waals surface area (Å²) in [4.78, 5) is 40.9. The first-order chi connectivity index (χ1) is 12.1. The molecule has 25 heavy (non-hydrogen) atoms. The minimum atomic E-state index is -0.739. The Morgan fingerprint density at radius 1 is 1.20 bits per heavy atom. The average Bonchev–Trinajstić information content (AvgIpc) is 3.10. The average molecular weight is 358 g/mol. The van der Waals surface area contributed by atoms with Crippen molar-refractivity contribution in [3.8, 4) is 5.75 Å². The molecule has 0 unspecified atom stereocenters. The van der Waals surface area contributed by atoms with Gasteiger partial charge in [0.25, 0.3) is 17.4 Å². The zero-order valence-corrected chi connectivity index (χ0v) is 14.0. The van der Waals surface area contributed by atoms with Crippen molar-refractivity contribution in [2.75, 3.05) is 6.61 Å². The summed E-state index contributed by atoms with van der Waals surface area (Å²) >= 11 is 1.28. The number of hydrogen-bond donors (Lipinski definition) is 2. The minimum absolute atomic E-state index is 0.164. The maximum Gasteiger partial charge on any atom is 0.276 e. The third kappa shape index (κ3) is 3.50. The van der Waals surface area contributed by atoms with Gasteiger partial charge in [0, 0.05) is 23.3 Å². The van der Waals surface area contributed by atoms with Crippen LogP contribution in [0.4, 0.5) is 0 Å². The van der Waals surface area contributed by atoms with E-state index in [0.717, 1.165) is 0 Å². The molecular weight excluding hydrogens is 344 g/mol. The third-order valence-electron chi connectivity index (χ3n) is 3.30. The molecule has 0 bridgehead atoms. The fourth-order valence-corrected chi connectivity index (χ4v) is 2.78. The molecule has 0 spiro atoms. The summed E-state index contributed by atoms with van der Waals surface area (Å²) in [6.45, 7) is 2.39. The van der Waals surface area contributed by atoms with Gasteiger partial charge in [-0.2, -0.15) is 0 Å². The molecule has 2 N–H and O–H groups in total. The van der Waals surface area contributed by atoms with Crippen molar-refractivity contribution in [3.05, 3.63) is 63.5 Å². The largest absolute Gasteiger partial charge is 0.494 e. The Morgan fingerprint density at radius 3 is 2.64 bits per heavy atom. The maximum absolute atomic E-state index is 12.2. The van der Waals surface area contributed by atoms with Crippen LogP contribution in [0.1, 0.15) is 27.6 Å². The van der Waals surface area contributed by atoms with Gasteiger partial charge in [0.1, 0.15) is 11.3 Å². The Labute approximate surface area is 146 Å². The molecule has 2 heterocycles. The number of aromatic nitrogens is 2. The standard InChI is InChI=1S/C16H14N4O4S/c1-2-24-11-5-3-10(4-6-11)13(21)18-19-14(22)12-9-17-16-20(15(12)23)7-8-25-16/h3-9H,2H2,1H3,(H,18,21)(H,19,22). The molecule has 0 radical (unpaired) electrons. The van der Waals surface area contributed by atoms with E-state index in [9.17, 15) is 14.4 Å². The van der Waals surface area contributed by atoms with E-state index < -0.39 is 17.4 Å². The molecule has 0 saturated heterocycles. The lowest BCUT2D eigenvalue weighted by atomic mass is 10.2. The molecule has 0 saturated carbocycles. The minimum Gasteiger partial charge on any atom is -0.494 e. The van der Waals surface area contributed by atoms with E-state index in [2.05, 4.69) is 15.8 Å². The number of rotatable bonds is 4. The van der Waals surface area contributed by atoms with Gasteiger partial charge in [-0.3, -0.25) is 29.6 Å². The van der Waals surface area contributed by atoms with Crippen LogP contribution in [0.2, 0.25) is 0 Å². The second-order valence-electron chi connectivity index (χ2n) is 4.90. The van der Waals surface area contributed by atoms with Crippen molar-refractivity contribution >= 4 is 28.1 Å². The first kappa shape index (κ1) is 16.7. The molecule has 0 atom stereocenters. The summed E-state index contributed by atoms with van der Waals surface area (Å²) in [6, 6.07) is 6.45. The number of nitrogens with one attached hydrogen (secondary N) is 2. The Balaban J connectivity index is 1.67. The highest BCUT2D eigenvalue weighted by Gasteiger charge is 2.15.